The molecule has 152 valence electrons. The lowest BCUT2D eigenvalue weighted by Crippen LogP contribution is -2.38. The molecule has 1 fully saturated rings. The Hall–Kier alpha value is -2.84. The van der Waals surface area contributed by atoms with Gasteiger partial charge in [-0.1, -0.05) is 0 Å². The number of piperidine rings is 1. The monoisotopic (exact) mass is 389 g/mol. The van der Waals surface area contributed by atoms with Gasteiger partial charge < -0.3 is 14.7 Å². The van der Waals surface area contributed by atoms with Gasteiger partial charge in [0.2, 0.25) is 0 Å². The predicted octanol–water partition coefficient (Wildman–Crippen LogP) is 3.27. The molecule has 0 aromatic carbocycles. The number of fused-ring (bicyclic) bond motifs is 1. The van der Waals surface area contributed by atoms with Crippen molar-refractivity contribution in [1.29, 1.82) is 0 Å². The zero-order valence-electron chi connectivity index (χ0n) is 17.0. The Bertz CT molecular complexity index is 902. The Balaban J connectivity index is 1.98. The van der Waals surface area contributed by atoms with Gasteiger partial charge in [0, 0.05) is 32.3 Å². The number of likely N-dealkylation sites (tertiary alicyclic amines) is 1. The van der Waals surface area contributed by atoms with Crippen LogP contribution >= 0.6 is 0 Å². The van der Waals surface area contributed by atoms with E-state index < -0.39 is 17.8 Å². The molecule has 3 rings (SSSR count). The van der Waals surface area contributed by atoms with E-state index in [1.165, 1.54) is 9.80 Å². The molecule has 1 saturated heterocycles. The minimum Gasteiger partial charge on any atom is -0.465 e. The van der Waals surface area contributed by atoms with Crippen molar-refractivity contribution in [2.24, 2.45) is 0 Å². The number of aromatic nitrogens is 3. The zero-order chi connectivity index (χ0) is 20.6. The van der Waals surface area contributed by atoms with E-state index in [9.17, 15) is 14.7 Å². The number of rotatable bonds is 2. The molecule has 2 aromatic rings. The van der Waals surface area contributed by atoms with Crippen LogP contribution in [0.2, 0.25) is 0 Å². The average Bonchev–Trinajstić information content (AvgIpc) is 2.95. The number of carboxylic acid groups (broad SMARTS) is 1. The number of hydrogen-bond donors (Lipinski definition) is 1. The number of anilines is 1. The lowest BCUT2D eigenvalue weighted by atomic mass is 9.95. The molecule has 28 heavy (non-hydrogen) atoms. The number of aryl methyl sites for hydroxylation is 1. The van der Waals surface area contributed by atoms with Crippen LogP contribution in [0.1, 0.15) is 50.9 Å². The number of carbonyl (C=O) groups excluding carboxylic acids is 1. The van der Waals surface area contributed by atoms with Gasteiger partial charge in [-0.2, -0.15) is 5.10 Å². The molecular weight excluding hydrogens is 362 g/mol. The molecule has 2 amide bonds. The summed E-state index contributed by atoms with van der Waals surface area (Å²) in [6, 6.07) is 1.87. The van der Waals surface area contributed by atoms with Crippen LogP contribution in [-0.2, 0) is 4.74 Å². The van der Waals surface area contributed by atoms with Gasteiger partial charge in [-0.15, -0.1) is 0 Å². The van der Waals surface area contributed by atoms with E-state index in [2.05, 4.69) is 10.1 Å². The number of nitrogens with zero attached hydrogens (tertiary/aromatic N) is 5. The molecule has 1 N–H and O–H groups in total. The highest BCUT2D eigenvalue weighted by Crippen LogP contribution is 2.31. The largest absolute Gasteiger partial charge is 0.465 e. The van der Waals surface area contributed by atoms with Crippen LogP contribution in [0.15, 0.2) is 12.3 Å². The van der Waals surface area contributed by atoms with Gasteiger partial charge in [-0.05, 0) is 46.6 Å². The SMILES string of the molecule is Cc1nn2c(C3CCCN(C(=O)O)C3)ccnc2c1N(C)C(=O)OC(C)(C)C. The van der Waals surface area contributed by atoms with Crippen LogP contribution in [0.5, 0.6) is 0 Å². The molecule has 9 heteroatoms. The molecule has 0 spiro atoms. The van der Waals surface area contributed by atoms with Crippen LogP contribution in [-0.4, -0.2) is 62.5 Å². The minimum absolute atomic E-state index is 0.0225. The molecule has 1 unspecified atom stereocenters. The first kappa shape index (κ1) is 19.9. The first-order chi connectivity index (χ1) is 13.1. The lowest BCUT2D eigenvalue weighted by molar-refractivity contribution is 0.0589. The Kier molecular flexibility index (Phi) is 5.18. The fraction of sp³-hybridized carbons (Fsp3) is 0.579. The molecule has 0 bridgehead atoms. The maximum absolute atomic E-state index is 12.5. The Morgan fingerprint density at radius 2 is 2.07 bits per heavy atom. The van der Waals surface area contributed by atoms with Crippen molar-refractivity contribution in [2.75, 3.05) is 25.0 Å². The van der Waals surface area contributed by atoms with Crippen LogP contribution in [0.4, 0.5) is 15.3 Å². The summed E-state index contributed by atoms with van der Waals surface area (Å²) in [6.07, 6.45) is 1.97. The average molecular weight is 389 g/mol. The summed E-state index contributed by atoms with van der Waals surface area (Å²) >= 11 is 0. The zero-order valence-corrected chi connectivity index (χ0v) is 17.0. The summed E-state index contributed by atoms with van der Waals surface area (Å²) in [5, 5.41) is 13.9. The molecule has 2 aromatic heterocycles. The van der Waals surface area contributed by atoms with Crippen molar-refractivity contribution in [2.45, 2.75) is 52.1 Å². The van der Waals surface area contributed by atoms with E-state index in [1.54, 1.807) is 17.8 Å². The molecule has 1 aliphatic heterocycles. The van der Waals surface area contributed by atoms with E-state index in [1.807, 2.05) is 33.8 Å². The van der Waals surface area contributed by atoms with Crippen LogP contribution in [0.25, 0.3) is 5.65 Å². The summed E-state index contributed by atoms with van der Waals surface area (Å²) in [4.78, 5) is 31.2. The van der Waals surface area contributed by atoms with Crippen LogP contribution in [0.3, 0.4) is 0 Å². The van der Waals surface area contributed by atoms with E-state index in [0.29, 0.717) is 30.1 Å². The van der Waals surface area contributed by atoms with Crippen molar-refractivity contribution in [3.63, 3.8) is 0 Å². The van der Waals surface area contributed by atoms with E-state index in [4.69, 9.17) is 4.74 Å². The van der Waals surface area contributed by atoms with Crippen molar-refractivity contribution in [1.82, 2.24) is 19.5 Å². The highest BCUT2D eigenvalue weighted by Gasteiger charge is 2.29. The van der Waals surface area contributed by atoms with Gasteiger partial charge in [-0.25, -0.2) is 19.1 Å². The number of hydrogen-bond acceptors (Lipinski definition) is 5. The first-order valence-corrected chi connectivity index (χ1v) is 9.37. The Morgan fingerprint density at radius 3 is 2.71 bits per heavy atom. The van der Waals surface area contributed by atoms with Crippen molar-refractivity contribution in [3.05, 3.63) is 23.7 Å². The number of amides is 2. The second-order valence-electron chi connectivity index (χ2n) is 8.15. The van der Waals surface area contributed by atoms with Gasteiger partial charge in [-0.3, -0.25) is 4.90 Å². The fourth-order valence-corrected chi connectivity index (χ4v) is 3.57. The smallest absolute Gasteiger partial charge is 0.414 e. The molecule has 1 atom stereocenters. The summed E-state index contributed by atoms with van der Waals surface area (Å²) in [5.41, 5.74) is 2.07. The number of ether oxygens (including phenoxy) is 1. The van der Waals surface area contributed by atoms with E-state index in [-0.39, 0.29) is 5.92 Å². The van der Waals surface area contributed by atoms with Crippen LogP contribution < -0.4 is 4.90 Å². The summed E-state index contributed by atoms with van der Waals surface area (Å²) < 4.78 is 7.19. The van der Waals surface area contributed by atoms with Crippen molar-refractivity contribution in [3.8, 4) is 0 Å². The molecule has 0 aliphatic carbocycles. The Morgan fingerprint density at radius 1 is 1.36 bits per heavy atom. The van der Waals surface area contributed by atoms with Crippen molar-refractivity contribution >= 4 is 23.5 Å². The molecule has 3 heterocycles. The van der Waals surface area contributed by atoms with Crippen LogP contribution in [0, 0.1) is 6.92 Å². The van der Waals surface area contributed by atoms with Gasteiger partial charge >= 0.3 is 12.2 Å². The topological polar surface area (TPSA) is 100 Å². The van der Waals surface area contributed by atoms with Gasteiger partial charge in [0.05, 0.1) is 11.4 Å². The quantitative estimate of drug-likeness (QED) is 0.846. The van der Waals surface area contributed by atoms with Gasteiger partial charge in [0.1, 0.15) is 11.3 Å². The van der Waals surface area contributed by atoms with Gasteiger partial charge in [0.25, 0.3) is 0 Å². The third kappa shape index (κ3) is 3.88. The molecule has 1 aliphatic rings. The lowest BCUT2D eigenvalue weighted by Gasteiger charge is -2.30. The fourth-order valence-electron chi connectivity index (χ4n) is 3.57. The highest BCUT2D eigenvalue weighted by molar-refractivity contribution is 5.93. The third-order valence-electron chi connectivity index (χ3n) is 4.80. The molecule has 0 saturated carbocycles. The highest BCUT2D eigenvalue weighted by atomic mass is 16.6. The predicted molar refractivity (Wildman–Crippen MR) is 104 cm³/mol. The molecule has 0 radical (unpaired) electrons. The van der Waals surface area contributed by atoms with E-state index >= 15 is 0 Å². The standard InChI is InChI=1S/C19H27N5O4/c1-12-15(22(5)18(27)28-19(2,3)4)16-20-9-8-14(24(16)21-12)13-7-6-10-23(11-13)17(25)26/h8-9,13H,6-7,10-11H2,1-5H3,(H,25,26). The van der Waals surface area contributed by atoms with E-state index in [0.717, 1.165) is 18.5 Å². The molecular formula is C19H27N5O4. The molecule has 9 nitrogen and oxygen atoms in total. The summed E-state index contributed by atoms with van der Waals surface area (Å²) in [7, 11) is 1.64. The normalized spacial score (nSPS) is 17.6. The minimum atomic E-state index is -0.906. The number of carbonyl (C=O) groups is 2. The Labute approximate surface area is 163 Å². The van der Waals surface area contributed by atoms with Crippen molar-refractivity contribution < 1.29 is 19.4 Å². The first-order valence-electron chi connectivity index (χ1n) is 9.37. The summed E-state index contributed by atoms with van der Waals surface area (Å²) in [5.74, 6) is 0.0225. The third-order valence-corrected chi connectivity index (χ3v) is 4.80. The second-order valence-corrected chi connectivity index (χ2v) is 8.15. The maximum Gasteiger partial charge on any atom is 0.414 e. The maximum atomic E-state index is 12.5. The van der Waals surface area contributed by atoms with Gasteiger partial charge in [0.15, 0.2) is 5.65 Å². The summed E-state index contributed by atoms with van der Waals surface area (Å²) in [6.45, 7) is 8.23. The second kappa shape index (κ2) is 7.29.